The minimum atomic E-state index is -3.64. The number of amides is 2. The smallest absolute Gasteiger partial charge is 0.242 e. The summed E-state index contributed by atoms with van der Waals surface area (Å²) in [5.74, 6) is -0.500. The summed E-state index contributed by atoms with van der Waals surface area (Å²) in [6, 6.07) is 11.9. The van der Waals surface area contributed by atoms with Gasteiger partial charge in [0.25, 0.3) is 0 Å². The van der Waals surface area contributed by atoms with E-state index in [4.69, 9.17) is 4.74 Å². The Balaban J connectivity index is 2.23. The minimum Gasteiger partial charge on any atom is -0.492 e. The van der Waals surface area contributed by atoms with Crippen molar-refractivity contribution in [2.75, 3.05) is 30.3 Å². The Morgan fingerprint density at radius 3 is 2.31 bits per heavy atom. The molecule has 8 nitrogen and oxygen atoms in total. The molecule has 0 aliphatic carbocycles. The molecule has 198 valence electrons. The van der Waals surface area contributed by atoms with Crippen LogP contribution in [-0.4, -0.2) is 57.1 Å². The van der Waals surface area contributed by atoms with E-state index in [1.807, 2.05) is 13.8 Å². The fourth-order valence-corrected chi connectivity index (χ4v) is 4.89. The molecule has 2 rings (SSSR count). The van der Waals surface area contributed by atoms with E-state index in [1.54, 1.807) is 43.3 Å². The van der Waals surface area contributed by atoms with Crippen LogP contribution < -0.4 is 14.4 Å². The van der Waals surface area contributed by atoms with Crippen molar-refractivity contribution in [3.8, 4) is 5.75 Å². The first-order valence-corrected chi connectivity index (χ1v) is 14.0. The van der Waals surface area contributed by atoms with Gasteiger partial charge in [-0.2, -0.15) is 0 Å². The molecule has 2 aromatic rings. The van der Waals surface area contributed by atoms with Gasteiger partial charge in [-0.3, -0.25) is 13.9 Å². The van der Waals surface area contributed by atoms with Gasteiger partial charge in [-0.1, -0.05) is 31.2 Å². The number of nitrogens with zero attached hydrogens (tertiary/aromatic N) is 2. The highest BCUT2D eigenvalue weighted by atomic mass is 32.2. The van der Waals surface area contributed by atoms with Gasteiger partial charge in [0, 0.05) is 26.1 Å². The van der Waals surface area contributed by atoms with Crippen LogP contribution in [0.25, 0.3) is 0 Å². The summed E-state index contributed by atoms with van der Waals surface area (Å²) >= 11 is 0. The van der Waals surface area contributed by atoms with E-state index in [9.17, 15) is 22.4 Å². The van der Waals surface area contributed by atoms with Crippen molar-refractivity contribution >= 4 is 27.5 Å². The zero-order chi connectivity index (χ0) is 26.7. The minimum absolute atomic E-state index is 0.0277. The Hall–Kier alpha value is -3.14. The number of halogens is 1. The Labute approximate surface area is 213 Å². The van der Waals surface area contributed by atoms with Crippen LogP contribution in [0.2, 0.25) is 0 Å². The summed E-state index contributed by atoms with van der Waals surface area (Å²) in [5.41, 5.74) is 1.10. The van der Waals surface area contributed by atoms with Crippen molar-refractivity contribution in [3.63, 3.8) is 0 Å². The third-order valence-corrected chi connectivity index (χ3v) is 6.77. The summed E-state index contributed by atoms with van der Waals surface area (Å²) in [6.07, 6.45) is 1.77. The average Bonchev–Trinajstić information content (AvgIpc) is 2.83. The number of anilines is 1. The van der Waals surface area contributed by atoms with Gasteiger partial charge in [0.15, 0.2) is 0 Å². The lowest BCUT2D eigenvalue weighted by Gasteiger charge is -2.31. The van der Waals surface area contributed by atoms with Crippen molar-refractivity contribution < 1.29 is 27.1 Å². The lowest BCUT2D eigenvalue weighted by atomic mass is 10.1. The molecular formula is C26H36FN3O5S. The van der Waals surface area contributed by atoms with Crippen molar-refractivity contribution in [1.82, 2.24) is 10.2 Å². The molecule has 0 fully saturated rings. The standard InChI is InChI=1S/C26H36FN3O5S/c1-5-22(26(32)28-6-2)29(19-20-14-16-21(27)17-15-20)25(31)13-10-18-30(36(4,33)34)23-11-8-9-12-24(23)35-7-3/h8-9,11-12,14-17,22H,5-7,10,13,18-19H2,1-4H3,(H,28,32). The second-order valence-corrected chi connectivity index (χ2v) is 10.2. The zero-order valence-electron chi connectivity index (χ0n) is 21.4. The fraction of sp³-hybridized carbons (Fsp3) is 0.462. The van der Waals surface area contributed by atoms with Crippen LogP contribution in [0, 0.1) is 5.82 Å². The van der Waals surface area contributed by atoms with Crippen molar-refractivity contribution in [3.05, 3.63) is 59.9 Å². The van der Waals surface area contributed by atoms with E-state index >= 15 is 0 Å². The molecule has 0 aliphatic heterocycles. The maximum Gasteiger partial charge on any atom is 0.242 e. The van der Waals surface area contributed by atoms with E-state index in [-0.39, 0.29) is 43.6 Å². The van der Waals surface area contributed by atoms with Crippen LogP contribution in [-0.2, 0) is 26.2 Å². The Bertz CT molecular complexity index is 1110. The molecule has 0 saturated carbocycles. The number of nitrogens with one attached hydrogen (secondary N) is 1. The third-order valence-electron chi connectivity index (χ3n) is 5.59. The predicted octanol–water partition coefficient (Wildman–Crippen LogP) is 3.71. The summed E-state index contributed by atoms with van der Waals surface area (Å²) in [7, 11) is -3.64. The summed E-state index contributed by atoms with van der Waals surface area (Å²) in [6.45, 7) is 6.45. The number of hydrogen-bond acceptors (Lipinski definition) is 5. The molecule has 0 radical (unpaired) electrons. The molecule has 2 amide bonds. The molecule has 0 heterocycles. The predicted molar refractivity (Wildman–Crippen MR) is 139 cm³/mol. The lowest BCUT2D eigenvalue weighted by molar-refractivity contribution is -0.141. The monoisotopic (exact) mass is 521 g/mol. The second kappa shape index (κ2) is 13.8. The number of likely N-dealkylation sites (N-methyl/N-ethyl adjacent to an activating group) is 1. The van der Waals surface area contributed by atoms with Gasteiger partial charge >= 0.3 is 0 Å². The summed E-state index contributed by atoms with van der Waals surface area (Å²) < 4.78 is 45.4. The lowest BCUT2D eigenvalue weighted by Crippen LogP contribution is -2.49. The van der Waals surface area contributed by atoms with Gasteiger partial charge in [0.1, 0.15) is 17.6 Å². The molecule has 0 aliphatic rings. The maximum absolute atomic E-state index is 13.4. The van der Waals surface area contributed by atoms with Crippen LogP contribution in [0.15, 0.2) is 48.5 Å². The van der Waals surface area contributed by atoms with Gasteiger partial charge in [0.2, 0.25) is 21.8 Å². The van der Waals surface area contributed by atoms with Crippen LogP contribution in [0.1, 0.15) is 45.6 Å². The van der Waals surface area contributed by atoms with E-state index in [0.717, 1.165) is 6.26 Å². The largest absolute Gasteiger partial charge is 0.492 e. The number of rotatable bonds is 14. The number of para-hydroxylation sites is 2. The first kappa shape index (κ1) is 29.1. The van der Waals surface area contributed by atoms with Crippen molar-refractivity contribution in [2.24, 2.45) is 0 Å². The summed E-state index contributed by atoms with van der Waals surface area (Å²) in [5, 5.41) is 2.77. The molecular weight excluding hydrogens is 485 g/mol. The molecule has 0 bridgehead atoms. The number of sulfonamides is 1. The molecule has 10 heteroatoms. The molecule has 36 heavy (non-hydrogen) atoms. The molecule has 1 atom stereocenters. The van der Waals surface area contributed by atoms with Crippen LogP contribution in [0.5, 0.6) is 5.75 Å². The van der Waals surface area contributed by atoms with Gasteiger partial charge in [-0.15, -0.1) is 0 Å². The van der Waals surface area contributed by atoms with E-state index in [1.165, 1.54) is 21.3 Å². The first-order chi connectivity index (χ1) is 17.1. The SMILES string of the molecule is CCNC(=O)C(CC)N(Cc1ccc(F)cc1)C(=O)CCCN(c1ccccc1OCC)S(C)(=O)=O. The third kappa shape index (κ3) is 8.22. The molecule has 0 saturated heterocycles. The van der Waals surface area contributed by atoms with Crippen LogP contribution in [0.4, 0.5) is 10.1 Å². The second-order valence-electron chi connectivity index (χ2n) is 8.31. The van der Waals surface area contributed by atoms with Crippen molar-refractivity contribution in [1.29, 1.82) is 0 Å². The van der Waals surface area contributed by atoms with Gasteiger partial charge in [-0.05, 0) is 56.5 Å². The molecule has 1 N–H and O–H groups in total. The molecule has 0 spiro atoms. The Kier molecular flexibility index (Phi) is 11.2. The van der Waals surface area contributed by atoms with E-state index in [0.29, 0.717) is 36.6 Å². The molecule has 0 aromatic heterocycles. The van der Waals surface area contributed by atoms with Gasteiger partial charge in [0.05, 0.1) is 18.6 Å². The fourth-order valence-electron chi connectivity index (χ4n) is 3.92. The molecule has 2 aromatic carbocycles. The average molecular weight is 522 g/mol. The van der Waals surface area contributed by atoms with Crippen LogP contribution >= 0.6 is 0 Å². The highest BCUT2D eigenvalue weighted by Gasteiger charge is 2.29. The Morgan fingerprint density at radius 2 is 1.72 bits per heavy atom. The number of carbonyl (C=O) groups excluding carboxylic acids is 2. The number of ether oxygens (including phenoxy) is 1. The normalized spacial score (nSPS) is 12.0. The van der Waals surface area contributed by atoms with Gasteiger partial charge < -0.3 is 15.0 Å². The van der Waals surface area contributed by atoms with E-state index in [2.05, 4.69) is 5.32 Å². The maximum atomic E-state index is 13.4. The quantitative estimate of drug-likeness (QED) is 0.409. The van der Waals surface area contributed by atoms with Crippen LogP contribution in [0.3, 0.4) is 0 Å². The summed E-state index contributed by atoms with van der Waals surface area (Å²) in [4.78, 5) is 27.5. The Morgan fingerprint density at radius 1 is 1.06 bits per heavy atom. The van der Waals surface area contributed by atoms with Gasteiger partial charge in [-0.25, -0.2) is 12.8 Å². The highest BCUT2D eigenvalue weighted by molar-refractivity contribution is 7.92. The van der Waals surface area contributed by atoms with Crippen molar-refractivity contribution in [2.45, 2.75) is 52.6 Å². The van der Waals surface area contributed by atoms with E-state index < -0.39 is 16.1 Å². The number of benzene rings is 2. The number of hydrogen-bond donors (Lipinski definition) is 1. The topological polar surface area (TPSA) is 96.0 Å². The first-order valence-electron chi connectivity index (χ1n) is 12.1. The highest BCUT2D eigenvalue weighted by Crippen LogP contribution is 2.30. The zero-order valence-corrected chi connectivity index (χ0v) is 22.2. The molecule has 1 unspecified atom stereocenters. The number of carbonyl (C=O) groups is 2.